The Hall–Kier alpha value is -2.83. The Kier molecular flexibility index (Phi) is 6.53. The molecule has 0 saturated heterocycles. The average molecular weight is 451 g/mol. The van der Waals surface area contributed by atoms with E-state index >= 15 is 0 Å². The van der Waals surface area contributed by atoms with Gasteiger partial charge >= 0.3 is 0 Å². The molecule has 0 amide bonds. The van der Waals surface area contributed by atoms with Crippen molar-refractivity contribution in [2.45, 2.75) is 36.6 Å². The Bertz CT molecular complexity index is 1160. The number of anilines is 2. The minimum atomic E-state index is -1.22. The zero-order valence-electron chi connectivity index (χ0n) is 19.1. The quantitative estimate of drug-likeness (QED) is 0.539. The summed E-state index contributed by atoms with van der Waals surface area (Å²) in [7, 11) is 2.50. The van der Waals surface area contributed by atoms with Crippen molar-refractivity contribution in [3.8, 4) is 11.5 Å². The molecular weight excluding hydrogens is 420 g/mol. The lowest BCUT2D eigenvalue weighted by Gasteiger charge is -2.35. The van der Waals surface area contributed by atoms with Crippen LogP contribution in [0, 0.1) is 13.8 Å². The molecule has 1 atom stereocenters. The van der Waals surface area contributed by atoms with Gasteiger partial charge in [-0.05, 0) is 69.3 Å². The molecule has 6 heteroatoms. The second-order valence-corrected chi connectivity index (χ2v) is 9.75. The molecule has 32 heavy (non-hydrogen) atoms. The number of aryl methyl sites for hydroxylation is 1. The van der Waals surface area contributed by atoms with E-state index in [0.29, 0.717) is 12.3 Å². The van der Waals surface area contributed by atoms with Crippen LogP contribution >= 0.6 is 0 Å². The fourth-order valence-electron chi connectivity index (χ4n) is 4.24. The SMILES string of the molecule is COc1ccc2c(c1)N(CCCN(C)Cc1ccccc1O)c1c(ccc(C)c1C)S2=O. The maximum Gasteiger partial charge on any atom is 0.121 e. The van der Waals surface area contributed by atoms with Crippen molar-refractivity contribution < 1.29 is 14.1 Å². The van der Waals surface area contributed by atoms with Gasteiger partial charge in [-0.25, -0.2) is 4.21 Å². The van der Waals surface area contributed by atoms with Gasteiger partial charge in [0, 0.05) is 24.7 Å². The summed E-state index contributed by atoms with van der Waals surface area (Å²) in [5.41, 5.74) is 5.27. The van der Waals surface area contributed by atoms with Crippen LogP contribution in [-0.2, 0) is 17.3 Å². The summed E-state index contributed by atoms with van der Waals surface area (Å²) in [5, 5.41) is 10.1. The first kappa shape index (κ1) is 22.4. The Balaban J connectivity index is 1.59. The molecule has 3 aromatic carbocycles. The van der Waals surface area contributed by atoms with Crippen LogP contribution in [0.3, 0.4) is 0 Å². The third kappa shape index (κ3) is 4.25. The minimum absolute atomic E-state index is 0.332. The lowest BCUT2D eigenvalue weighted by molar-refractivity contribution is 0.317. The Morgan fingerprint density at radius 2 is 1.81 bits per heavy atom. The van der Waals surface area contributed by atoms with Crippen molar-refractivity contribution in [2.75, 3.05) is 32.1 Å². The van der Waals surface area contributed by atoms with E-state index < -0.39 is 10.8 Å². The third-order valence-electron chi connectivity index (χ3n) is 6.14. The number of aromatic hydroxyl groups is 1. The number of methoxy groups -OCH3 is 1. The van der Waals surface area contributed by atoms with Crippen molar-refractivity contribution in [1.29, 1.82) is 0 Å². The van der Waals surface area contributed by atoms with Gasteiger partial charge in [0.05, 0.1) is 39.1 Å². The number of phenols is 1. The van der Waals surface area contributed by atoms with Crippen LogP contribution in [0.2, 0.25) is 0 Å². The number of ether oxygens (including phenoxy) is 1. The molecule has 0 spiro atoms. The van der Waals surface area contributed by atoms with Gasteiger partial charge < -0.3 is 19.6 Å². The number of para-hydroxylation sites is 1. The first-order valence-corrected chi connectivity index (χ1v) is 12.0. The lowest BCUT2D eigenvalue weighted by Crippen LogP contribution is -2.29. The van der Waals surface area contributed by atoms with Crippen molar-refractivity contribution in [3.05, 3.63) is 71.3 Å². The van der Waals surface area contributed by atoms with Gasteiger partial charge in [-0.15, -0.1) is 0 Å². The Labute approximate surface area is 192 Å². The van der Waals surface area contributed by atoms with E-state index in [9.17, 15) is 9.32 Å². The summed E-state index contributed by atoms with van der Waals surface area (Å²) in [4.78, 5) is 6.20. The number of hydrogen-bond acceptors (Lipinski definition) is 5. The van der Waals surface area contributed by atoms with Crippen molar-refractivity contribution in [1.82, 2.24) is 4.90 Å². The first-order chi connectivity index (χ1) is 15.4. The number of phenolic OH excluding ortho intramolecular Hbond substituents is 1. The molecule has 1 aliphatic rings. The highest BCUT2D eigenvalue weighted by Crippen LogP contribution is 2.45. The molecule has 0 fully saturated rings. The largest absolute Gasteiger partial charge is 0.508 e. The number of fused-ring (bicyclic) bond motifs is 2. The Morgan fingerprint density at radius 1 is 1.06 bits per heavy atom. The summed E-state index contributed by atoms with van der Waals surface area (Å²) < 4.78 is 18.8. The average Bonchev–Trinajstić information content (AvgIpc) is 2.79. The van der Waals surface area contributed by atoms with Crippen LogP contribution < -0.4 is 9.64 Å². The van der Waals surface area contributed by atoms with Crippen LogP contribution in [0.25, 0.3) is 0 Å². The highest BCUT2D eigenvalue weighted by atomic mass is 32.2. The lowest BCUT2D eigenvalue weighted by atomic mass is 10.1. The molecule has 1 N–H and O–H groups in total. The van der Waals surface area contributed by atoms with E-state index in [1.807, 2.05) is 42.5 Å². The normalized spacial score (nSPS) is 14.9. The highest BCUT2D eigenvalue weighted by molar-refractivity contribution is 7.85. The van der Waals surface area contributed by atoms with Gasteiger partial charge in [0.25, 0.3) is 0 Å². The molecule has 1 aliphatic heterocycles. The van der Waals surface area contributed by atoms with E-state index in [4.69, 9.17) is 4.74 Å². The predicted octanol–water partition coefficient (Wildman–Crippen LogP) is 5.16. The standard InChI is InChI=1S/C26H30N2O3S/c1-18-10-12-25-26(19(18)2)28(22-16-21(31-4)11-13-24(22)32(25)30)15-7-14-27(3)17-20-8-5-6-9-23(20)29/h5-6,8-13,16,29H,7,14-15,17H2,1-4H3. The van der Waals surface area contributed by atoms with Gasteiger partial charge in [0.2, 0.25) is 0 Å². The monoisotopic (exact) mass is 450 g/mol. The van der Waals surface area contributed by atoms with E-state index in [2.05, 4.69) is 36.8 Å². The van der Waals surface area contributed by atoms with Gasteiger partial charge in [0.15, 0.2) is 0 Å². The second kappa shape index (κ2) is 9.35. The molecule has 3 aromatic rings. The molecule has 168 valence electrons. The maximum atomic E-state index is 13.3. The van der Waals surface area contributed by atoms with Crippen molar-refractivity contribution in [3.63, 3.8) is 0 Å². The van der Waals surface area contributed by atoms with E-state index in [0.717, 1.165) is 57.6 Å². The van der Waals surface area contributed by atoms with E-state index in [1.54, 1.807) is 13.2 Å². The van der Waals surface area contributed by atoms with E-state index in [1.165, 1.54) is 5.56 Å². The zero-order valence-corrected chi connectivity index (χ0v) is 19.9. The zero-order chi connectivity index (χ0) is 22.8. The van der Waals surface area contributed by atoms with Crippen LogP contribution in [0.5, 0.6) is 11.5 Å². The van der Waals surface area contributed by atoms with Crippen LogP contribution in [0.4, 0.5) is 11.4 Å². The Morgan fingerprint density at radius 3 is 2.56 bits per heavy atom. The summed E-state index contributed by atoms with van der Waals surface area (Å²) in [5.74, 6) is 1.09. The van der Waals surface area contributed by atoms with Gasteiger partial charge in [0.1, 0.15) is 11.5 Å². The van der Waals surface area contributed by atoms with Crippen LogP contribution in [0.1, 0.15) is 23.1 Å². The molecule has 1 unspecified atom stereocenters. The minimum Gasteiger partial charge on any atom is -0.508 e. The molecule has 5 nitrogen and oxygen atoms in total. The topological polar surface area (TPSA) is 53.0 Å². The molecule has 0 saturated carbocycles. The third-order valence-corrected chi connectivity index (χ3v) is 7.62. The molecule has 0 bridgehead atoms. The van der Waals surface area contributed by atoms with Gasteiger partial charge in [-0.2, -0.15) is 0 Å². The fraction of sp³-hybridized carbons (Fsp3) is 0.308. The summed E-state index contributed by atoms with van der Waals surface area (Å²) >= 11 is 0. The van der Waals surface area contributed by atoms with E-state index in [-0.39, 0.29) is 0 Å². The smallest absolute Gasteiger partial charge is 0.121 e. The van der Waals surface area contributed by atoms with Crippen molar-refractivity contribution >= 4 is 22.2 Å². The summed E-state index contributed by atoms with van der Waals surface area (Å²) in [6, 6.07) is 17.3. The van der Waals surface area contributed by atoms with Gasteiger partial charge in [-0.1, -0.05) is 24.3 Å². The molecule has 0 radical (unpaired) electrons. The van der Waals surface area contributed by atoms with Gasteiger partial charge in [-0.3, -0.25) is 0 Å². The molecule has 0 aliphatic carbocycles. The summed E-state index contributed by atoms with van der Waals surface area (Å²) in [6.45, 7) is 6.55. The highest BCUT2D eigenvalue weighted by Gasteiger charge is 2.30. The molecular formula is C26H30N2O3S. The number of benzene rings is 3. The first-order valence-electron chi connectivity index (χ1n) is 10.8. The number of rotatable bonds is 7. The van der Waals surface area contributed by atoms with Crippen LogP contribution in [-0.4, -0.2) is 41.5 Å². The molecule has 4 rings (SSSR count). The number of nitrogens with zero attached hydrogens (tertiary/aromatic N) is 2. The number of hydrogen-bond donors (Lipinski definition) is 1. The maximum absolute atomic E-state index is 13.3. The molecule has 1 heterocycles. The summed E-state index contributed by atoms with van der Waals surface area (Å²) in [6.07, 6.45) is 0.917. The second-order valence-electron chi connectivity index (χ2n) is 8.33. The fourth-order valence-corrected chi connectivity index (χ4v) is 5.66. The van der Waals surface area contributed by atoms with Crippen LogP contribution in [0.15, 0.2) is 64.4 Å². The predicted molar refractivity (Wildman–Crippen MR) is 130 cm³/mol. The molecule has 0 aromatic heterocycles. The van der Waals surface area contributed by atoms with Crippen molar-refractivity contribution in [2.24, 2.45) is 0 Å².